The monoisotopic (exact) mass is 405 g/mol. The Morgan fingerprint density at radius 1 is 0.692 bits per heavy atom. The second kappa shape index (κ2) is 8.26. The van der Waals surface area contributed by atoms with Crippen molar-refractivity contribution in [1.82, 2.24) is 4.72 Å². The molecule has 13 nitrogen and oxygen atoms in total. The third-order valence-corrected chi connectivity index (χ3v) is 5.89. The average Bonchev–Trinajstić information content (AvgIpc) is 2.60. The molecule has 2 heterocycles. The molecule has 0 spiro atoms. The molecule has 0 saturated carbocycles. The lowest BCUT2D eigenvalue weighted by atomic mass is 9.99. The second-order valence-corrected chi connectivity index (χ2v) is 7.90. The van der Waals surface area contributed by atoms with Crippen LogP contribution in [0.2, 0.25) is 0 Å². The minimum Gasteiger partial charge on any atom is -0.394 e. The van der Waals surface area contributed by atoms with Gasteiger partial charge in [-0.25, -0.2) is 8.42 Å². The van der Waals surface area contributed by atoms with Gasteiger partial charge in [0.05, 0.1) is 13.2 Å². The van der Waals surface area contributed by atoms with Gasteiger partial charge in [-0.1, -0.05) is 0 Å². The van der Waals surface area contributed by atoms with Crippen molar-refractivity contribution in [2.75, 3.05) is 13.2 Å². The van der Waals surface area contributed by atoms with Crippen LogP contribution in [0.25, 0.3) is 0 Å². The van der Waals surface area contributed by atoms with Gasteiger partial charge in [-0.2, -0.15) is 4.72 Å². The standard InChI is InChI=1S/C12H23NO12S/c14-1-3-5(16)7(18)9(20)11(24-3)13-26(22,23)12-10(21)8(19)6(17)4(2-15)25-12/h3-21H,1-2H2/t3-,4-,5-,6-,7+,8+,9-,10-,11+,12+/m1/s1. The van der Waals surface area contributed by atoms with Gasteiger partial charge in [0, 0.05) is 0 Å². The highest BCUT2D eigenvalue weighted by molar-refractivity contribution is 7.90. The molecule has 2 aliphatic heterocycles. The van der Waals surface area contributed by atoms with Crippen LogP contribution in [0.5, 0.6) is 0 Å². The molecule has 2 aliphatic rings. The summed E-state index contributed by atoms with van der Waals surface area (Å²) in [5, 5.41) is 76.6. The van der Waals surface area contributed by atoms with E-state index in [1.54, 1.807) is 4.72 Å². The zero-order chi connectivity index (χ0) is 19.8. The van der Waals surface area contributed by atoms with Crippen molar-refractivity contribution in [1.29, 1.82) is 0 Å². The SMILES string of the molecule is O=S(=O)(N[C@H]1O[C@H](CO)[C@@H](O)[C@H](O)[C@H]1O)[C@@H]1O[C@H](CO)[C@@H](O)[C@H](O)[C@H]1O. The van der Waals surface area contributed by atoms with Crippen molar-refractivity contribution in [3.05, 3.63) is 0 Å². The van der Waals surface area contributed by atoms with Gasteiger partial charge in [0.15, 0.2) is 0 Å². The summed E-state index contributed by atoms with van der Waals surface area (Å²) in [5.74, 6) is 0. The lowest BCUT2D eigenvalue weighted by Crippen LogP contribution is -2.66. The molecule has 0 aliphatic carbocycles. The molecule has 0 aromatic carbocycles. The predicted octanol–water partition coefficient (Wildman–Crippen LogP) is -6.49. The first-order chi connectivity index (χ1) is 12.0. The Morgan fingerprint density at radius 3 is 1.65 bits per heavy atom. The van der Waals surface area contributed by atoms with E-state index in [-0.39, 0.29) is 0 Å². The normalized spacial score (nSPS) is 47.7. The Morgan fingerprint density at radius 2 is 1.15 bits per heavy atom. The number of sulfonamides is 1. The number of rotatable bonds is 5. The van der Waals surface area contributed by atoms with E-state index in [0.717, 1.165) is 0 Å². The maximum Gasteiger partial charge on any atom is 0.243 e. The van der Waals surface area contributed by atoms with E-state index < -0.39 is 83.7 Å². The quantitative estimate of drug-likeness (QED) is 0.208. The maximum atomic E-state index is 12.4. The van der Waals surface area contributed by atoms with E-state index in [9.17, 15) is 39.1 Å². The van der Waals surface area contributed by atoms with Crippen LogP contribution in [0.1, 0.15) is 0 Å². The Labute approximate surface area is 148 Å². The fourth-order valence-corrected chi connectivity index (χ4v) is 4.22. The molecule has 9 N–H and O–H groups in total. The summed E-state index contributed by atoms with van der Waals surface area (Å²) < 4.78 is 36.6. The van der Waals surface area contributed by atoms with Crippen LogP contribution in [0.3, 0.4) is 0 Å². The summed E-state index contributed by atoms with van der Waals surface area (Å²) in [6, 6.07) is 0. The average molecular weight is 405 g/mol. The zero-order valence-electron chi connectivity index (χ0n) is 13.3. The molecule has 2 rings (SSSR count). The van der Waals surface area contributed by atoms with Crippen molar-refractivity contribution >= 4 is 10.0 Å². The fraction of sp³-hybridized carbons (Fsp3) is 1.00. The molecular formula is C12H23NO12S. The summed E-state index contributed by atoms with van der Waals surface area (Å²) in [4.78, 5) is 0. The topological polar surface area (TPSA) is 226 Å². The molecule has 2 fully saturated rings. The molecule has 2 saturated heterocycles. The number of ether oxygens (including phenoxy) is 2. The highest BCUT2D eigenvalue weighted by Crippen LogP contribution is 2.26. The maximum absolute atomic E-state index is 12.4. The third-order valence-electron chi connectivity index (χ3n) is 4.33. The summed E-state index contributed by atoms with van der Waals surface area (Å²) in [6.07, 6.45) is -16.0. The van der Waals surface area contributed by atoms with Crippen LogP contribution in [0.4, 0.5) is 0 Å². The van der Waals surface area contributed by atoms with Gasteiger partial charge in [0.2, 0.25) is 15.5 Å². The number of hydrogen-bond acceptors (Lipinski definition) is 12. The molecule has 0 unspecified atom stereocenters. The van der Waals surface area contributed by atoms with Crippen molar-refractivity contribution in [3.8, 4) is 0 Å². The Hall–Kier alpha value is -0.490. The highest BCUT2D eigenvalue weighted by atomic mass is 32.2. The second-order valence-electron chi connectivity index (χ2n) is 6.11. The van der Waals surface area contributed by atoms with Gasteiger partial charge < -0.3 is 50.3 Å². The highest BCUT2D eigenvalue weighted by Gasteiger charge is 2.51. The number of aliphatic hydroxyl groups excluding tert-OH is 8. The van der Waals surface area contributed by atoms with Crippen LogP contribution in [-0.2, 0) is 19.5 Å². The van der Waals surface area contributed by atoms with Gasteiger partial charge >= 0.3 is 0 Å². The molecule has 26 heavy (non-hydrogen) atoms. The number of hydrogen-bond donors (Lipinski definition) is 9. The van der Waals surface area contributed by atoms with E-state index in [1.807, 2.05) is 0 Å². The van der Waals surface area contributed by atoms with E-state index in [2.05, 4.69) is 0 Å². The third kappa shape index (κ3) is 4.01. The summed E-state index contributed by atoms with van der Waals surface area (Å²) >= 11 is 0. The van der Waals surface area contributed by atoms with E-state index in [4.69, 9.17) is 19.7 Å². The van der Waals surface area contributed by atoms with E-state index in [0.29, 0.717) is 0 Å². The van der Waals surface area contributed by atoms with Crippen LogP contribution >= 0.6 is 0 Å². The lowest BCUT2D eigenvalue weighted by molar-refractivity contribution is -0.232. The minimum absolute atomic E-state index is 0.788. The van der Waals surface area contributed by atoms with Crippen LogP contribution in [0.15, 0.2) is 0 Å². The van der Waals surface area contributed by atoms with Crippen LogP contribution < -0.4 is 4.72 Å². The fourth-order valence-electron chi connectivity index (χ4n) is 2.75. The molecule has 14 heteroatoms. The van der Waals surface area contributed by atoms with Gasteiger partial charge in [-0.15, -0.1) is 0 Å². The van der Waals surface area contributed by atoms with Crippen molar-refractivity contribution < 1.29 is 58.7 Å². The van der Waals surface area contributed by atoms with Crippen LogP contribution in [-0.4, -0.2) is 123 Å². The summed E-state index contributed by atoms with van der Waals surface area (Å²) in [7, 11) is -4.70. The molecule has 0 amide bonds. The molecule has 0 radical (unpaired) electrons. The van der Waals surface area contributed by atoms with Crippen molar-refractivity contribution in [2.45, 2.75) is 60.5 Å². The largest absolute Gasteiger partial charge is 0.394 e. The van der Waals surface area contributed by atoms with E-state index >= 15 is 0 Å². The summed E-state index contributed by atoms with van der Waals surface area (Å²) in [5.41, 5.74) is -2.15. The van der Waals surface area contributed by atoms with Gasteiger partial charge in [-0.3, -0.25) is 0 Å². The summed E-state index contributed by atoms with van der Waals surface area (Å²) in [6.45, 7) is -1.64. The van der Waals surface area contributed by atoms with Crippen molar-refractivity contribution in [3.63, 3.8) is 0 Å². The Balaban J connectivity index is 2.19. The zero-order valence-corrected chi connectivity index (χ0v) is 14.1. The predicted molar refractivity (Wildman–Crippen MR) is 79.6 cm³/mol. The first kappa shape index (κ1) is 21.8. The van der Waals surface area contributed by atoms with Crippen LogP contribution in [0, 0.1) is 0 Å². The molecule has 0 aromatic heterocycles. The first-order valence-corrected chi connectivity index (χ1v) is 9.22. The number of aliphatic hydroxyl groups is 8. The van der Waals surface area contributed by atoms with Gasteiger partial charge in [-0.05, 0) is 0 Å². The molecule has 0 aromatic rings. The first-order valence-electron chi connectivity index (χ1n) is 7.67. The smallest absolute Gasteiger partial charge is 0.243 e. The number of nitrogens with one attached hydrogen (secondary N) is 1. The van der Waals surface area contributed by atoms with Gasteiger partial charge in [0.25, 0.3) is 0 Å². The lowest BCUT2D eigenvalue weighted by Gasteiger charge is -2.42. The van der Waals surface area contributed by atoms with Crippen molar-refractivity contribution in [2.24, 2.45) is 0 Å². The minimum atomic E-state index is -4.70. The molecule has 10 atom stereocenters. The molecule has 154 valence electrons. The Kier molecular flexibility index (Phi) is 6.92. The Bertz CT molecular complexity index is 571. The molecule has 0 bridgehead atoms. The van der Waals surface area contributed by atoms with E-state index in [1.165, 1.54) is 0 Å². The molecular weight excluding hydrogens is 382 g/mol. The van der Waals surface area contributed by atoms with Gasteiger partial charge in [0.1, 0.15) is 55.1 Å².